The van der Waals surface area contributed by atoms with Gasteiger partial charge >= 0.3 is 6.03 Å². The van der Waals surface area contributed by atoms with Gasteiger partial charge in [-0.25, -0.2) is 19.8 Å². The van der Waals surface area contributed by atoms with Crippen molar-refractivity contribution in [1.29, 1.82) is 0 Å². The Labute approximate surface area is 209 Å². The fourth-order valence-corrected chi connectivity index (χ4v) is 4.99. The van der Waals surface area contributed by atoms with Crippen LogP contribution in [0.1, 0.15) is 29.2 Å². The molecule has 1 saturated heterocycles. The summed E-state index contributed by atoms with van der Waals surface area (Å²) in [5.74, 6) is -0.656. The summed E-state index contributed by atoms with van der Waals surface area (Å²) < 4.78 is 4.88. The first-order valence-corrected chi connectivity index (χ1v) is 14.4. The fraction of sp³-hybridized carbons (Fsp3) is 0.190. The van der Waals surface area contributed by atoms with Gasteiger partial charge in [-0.2, -0.15) is 0 Å². The number of carbonyl (C=O) groups excluding carboxylic acids is 3. The number of carbonyl (C=O) groups is 3. The second kappa shape index (κ2) is 10.1. The Balaban J connectivity index is 1.52. The molecule has 2 unspecified atom stereocenters. The number of halogens is 3. The highest BCUT2D eigenvalue weighted by Crippen LogP contribution is 2.39. The molecule has 1 aliphatic carbocycles. The lowest BCUT2D eigenvalue weighted by molar-refractivity contribution is -0.122. The van der Waals surface area contributed by atoms with Crippen LogP contribution in [0.4, 0.5) is 10.5 Å². The molecule has 4 rings (SSSR count). The highest BCUT2D eigenvalue weighted by molar-refractivity contribution is 14.2. The number of hydrogen-bond acceptors (Lipinski definition) is 4. The van der Waals surface area contributed by atoms with E-state index < -0.39 is 0 Å². The topological polar surface area (TPSA) is 79.0 Å². The Morgan fingerprint density at radius 3 is 2.66 bits per heavy atom. The van der Waals surface area contributed by atoms with Crippen LogP contribution in [-0.4, -0.2) is 29.3 Å². The maximum absolute atomic E-state index is 13.1. The minimum atomic E-state index is -0.386. The number of aryl methyl sites for hydroxylation is 1. The summed E-state index contributed by atoms with van der Waals surface area (Å²) in [5, 5.41) is 0.710. The van der Waals surface area contributed by atoms with Crippen molar-refractivity contribution in [2.45, 2.75) is 18.9 Å². The van der Waals surface area contributed by atoms with Crippen molar-refractivity contribution in [2.24, 2.45) is 0 Å². The number of benzene rings is 2. The molecule has 0 bridgehead atoms. The van der Waals surface area contributed by atoms with Gasteiger partial charge in [-0.15, -0.1) is 0 Å². The normalized spacial score (nSPS) is 18.4. The SMILES string of the molecule is O=C(/C=C/c1ccc2c(c1)CCC2N1CC(=O)N(c2cc(Cl)cc(Cl)c2)C1=O)NOPI. The first-order chi connectivity index (χ1) is 15.4. The van der Waals surface area contributed by atoms with Crippen molar-refractivity contribution in [3.63, 3.8) is 0 Å². The summed E-state index contributed by atoms with van der Waals surface area (Å²) in [6.07, 6.45) is 4.60. The molecule has 0 radical (unpaired) electrons. The second-order valence-corrected chi connectivity index (χ2v) is 9.81. The quantitative estimate of drug-likeness (QED) is 0.157. The van der Waals surface area contributed by atoms with Crippen LogP contribution >= 0.6 is 51.7 Å². The van der Waals surface area contributed by atoms with Crippen molar-refractivity contribution in [1.82, 2.24) is 10.4 Å². The van der Waals surface area contributed by atoms with E-state index in [0.29, 0.717) is 15.7 Å². The van der Waals surface area contributed by atoms with Gasteiger partial charge in [-0.3, -0.25) is 9.59 Å². The predicted molar refractivity (Wildman–Crippen MR) is 134 cm³/mol. The zero-order chi connectivity index (χ0) is 22.8. The molecule has 1 aliphatic heterocycles. The van der Waals surface area contributed by atoms with Crippen molar-refractivity contribution in [3.8, 4) is 0 Å². The number of hydroxylamine groups is 1. The molecule has 2 atom stereocenters. The third-order valence-corrected chi connectivity index (χ3v) is 6.58. The molecule has 1 heterocycles. The van der Waals surface area contributed by atoms with E-state index in [1.807, 2.05) is 40.2 Å². The zero-order valence-corrected chi connectivity index (χ0v) is 21.1. The van der Waals surface area contributed by atoms with Gasteiger partial charge in [0.2, 0.25) is 0 Å². The summed E-state index contributed by atoms with van der Waals surface area (Å²) >= 11 is 14.1. The molecule has 2 aromatic carbocycles. The van der Waals surface area contributed by atoms with Gasteiger partial charge in [0.25, 0.3) is 11.8 Å². The zero-order valence-electron chi connectivity index (χ0n) is 16.5. The summed E-state index contributed by atoms with van der Waals surface area (Å²) in [7, 11) is 0. The number of nitrogens with zero attached hydrogens (tertiary/aromatic N) is 2. The predicted octanol–water partition coefficient (Wildman–Crippen LogP) is 5.45. The van der Waals surface area contributed by atoms with Crippen LogP contribution in [0.15, 0.2) is 42.5 Å². The number of anilines is 1. The first-order valence-electron chi connectivity index (χ1n) is 9.59. The summed E-state index contributed by atoms with van der Waals surface area (Å²) in [6, 6.07) is 9.91. The number of hydrogen-bond donors (Lipinski definition) is 1. The average molecular weight is 604 g/mol. The van der Waals surface area contributed by atoms with E-state index in [4.69, 9.17) is 27.8 Å². The van der Waals surface area contributed by atoms with Crippen LogP contribution < -0.4 is 10.4 Å². The second-order valence-electron chi connectivity index (χ2n) is 7.26. The third-order valence-electron chi connectivity index (χ3n) is 5.30. The lowest BCUT2D eigenvalue weighted by Crippen LogP contribution is -2.34. The Bertz CT molecular complexity index is 1110. The molecule has 7 nitrogen and oxygen atoms in total. The van der Waals surface area contributed by atoms with E-state index in [9.17, 15) is 14.4 Å². The van der Waals surface area contributed by atoms with Crippen LogP contribution in [0.2, 0.25) is 10.0 Å². The van der Waals surface area contributed by atoms with E-state index in [2.05, 4.69) is 5.48 Å². The Morgan fingerprint density at radius 1 is 1.19 bits per heavy atom. The highest BCUT2D eigenvalue weighted by atomic mass is 127. The lowest BCUT2D eigenvalue weighted by atomic mass is 10.0. The summed E-state index contributed by atoms with van der Waals surface area (Å²) in [4.78, 5) is 40.2. The molecule has 1 N–H and O–H groups in total. The number of fused-ring (bicyclic) bond motifs is 1. The molecule has 32 heavy (non-hydrogen) atoms. The molecule has 166 valence electrons. The molecule has 0 saturated carbocycles. The van der Waals surface area contributed by atoms with Gasteiger partial charge in [-0.1, -0.05) is 41.4 Å². The molecular formula is C21H17Cl2IN3O4P. The lowest BCUT2D eigenvalue weighted by Gasteiger charge is -2.24. The minimum Gasteiger partial charge on any atom is -0.308 e. The van der Waals surface area contributed by atoms with Gasteiger partial charge in [0.15, 0.2) is 0 Å². The Hall–Kier alpha value is -1.71. The minimum absolute atomic E-state index is 0.00757. The smallest absolute Gasteiger partial charge is 0.308 e. The van der Waals surface area contributed by atoms with E-state index in [1.54, 1.807) is 29.2 Å². The molecule has 1 fully saturated rings. The number of imide groups is 1. The van der Waals surface area contributed by atoms with Gasteiger partial charge in [0, 0.05) is 16.1 Å². The van der Waals surface area contributed by atoms with Crippen molar-refractivity contribution >= 4 is 81.3 Å². The number of nitrogens with one attached hydrogen (secondary N) is 1. The van der Waals surface area contributed by atoms with Crippen LogP contribution in [0, 0.1) is 0 Å². The molecule has 11 heteroatoms. The van der Waals surface area contributed by atoms with Crippen molar-refractivity contribution in [2.75, 3.05) is 11.4 Å². The highest BCUT2D eigenvalue weighted by Gasteiger charge is 2.43. The molecule has 0 aromatic heterocycles. The first kappa shape index (κ1) is 23.4. The summed E-state index contributed by atoms with van der Waals surface area (Å²) in [5.41, 5.74) is 5.65. The van der Waals surface area contributed by atoms with Gasteiger partial charge in [0.1, 0.15) is 13.0 Å². The van der Waals surface area contributed by atoms with E-state index in [0.717, 1.165) is 34.4 Å². The Morgan fingerprint density at radius 2 is 1.94 bits per heavy atom. The number of rotatable bonds is 6. The third kappa shape index (κ3) is 4.94. The standard InChI is InChI=1S/C21H17Cl2IN3O4P/c22-14-8-15(23)10-16(9-14)27-20(29)11-26(21(27)30)18-5-3-13-7-12(1-4-17(13)18)2-6-19(28)25-31-32-24/h1-2,4,6-10,18,32H,3,5,11H2,(H,25,28)/b6-2+. The Kier molecular flexibility index (Phi) is 7.37. The van der Waals surface area contributed by atoms with Crippen LogP contribution in [0.25, 0.3) is 6.08 Å². The van der Waals surface area contributed by atoms with Gasteiger partial charge in [0.05, 0.1) is 11.7 Å². The largest absolute Gasteiger partial charge is 0.332 e. The van der Waals surface area contributed by atoms with Gasteiger partial charge < -0.3 is 4.90 Å². The molecule has 2 aromatic rings. The van der Waals surface area contributed by atoms with E-state index in [1.165, 1.54) is 6.08 Å². The molecule has 4 amide bonds. The van der Waals surface area contributed by atoms with Crippen LogP contribution in [0.3, 0.4) is 0 Å². The molecule has 0 spiro atoms. The van der Waals surface area contributed by atoms with Crippen LogP contribution in [0.5, 0.6) is 0 Å². The van der Waals surface area contributed by atoms with E-state index >= 15 is 0 Å². The van der Waals surface area contributed by atoms with Crippen molar-refractivity contribution < 1.29 is 19.0 Å². The van der Waals surface area contributed by atoms with Crippen LogP contribution in [-0.2, 0) is 20.6 Å². The summed E-state index contributed by atoms with van der Waals surface area (Å²) in [6.45, 7) is 0.133. The van der Waals surface area contributed by atoms with Crippen molar-refractivity contribution in [3.05, 3.63) is 69.2 Å². The number of amides is 4. The maximum Gasteiger partial charge on any atom is 0.332 e. The van der Waals surface area contributed by atoms with Gasteiger partial charge in [-0.05, 0) is 75.8 Å². The monoisotopic (exact) mass is 603 g/mol. The molecule has 2 aliphatic rings. The molecular weight excluding hydrogens is 587 g/mol. The maximum atomic E-state index is 13.1. The van der Waals surface area contributed by atoms with E-state index in [-0.39, 0.29) is 36.9 Å². The average Bonchev–Trinajstić information content (AvgIpc) is 3.29. The fourth-order valence-electron chi connectivity index (χ4n) is 4.00. The number of urea groups is 1.